The van der Waals surface area contributed by atoms with Gasteiger partial charge in [-0.1, -0.05) is 36.5 Å². The molecule has 1 aromatic carbocycles. The van der Waals surface area contributed by atoms with Gasteiger partial charge in [-0.05, 0) is 24.6 Å². The molecule has 2 nitrogen and oxygen atoms in total. The fraction of sp³-hybridized carbons (Fsp3) is 0.286. The summed E-state index contributed by atoms with van der Waals surface area (Å²) in [6.07, 6.45) is 3.66. The number of benzene rings is 1. The number of halogens is 3. The minimum Gasteiger partial charge on any atom is -0.236 e. The Kier molecular flexibility index (Phi) is 5.03. The molecule has 1 aromatic heterocycles. The van der Waals surface area contributed by atoms with Gasteiger partial charge in [0.05, 0.1) is 5.88 Å². The number of alkyl halides is 1. The molecule has 2 aromatic rings. The lowest BCUT2D eigenvalue weighted by Gasteiger charge is -2.08. The third kappa shape index (κ3) is 3.59. The first kappa shape index (κ1) is 14.6. The van der Waals surface area contributed by atoms with Crippen LogP contribution >= 0.6 is 34.8 Å². The highest BCUT2D eigenvalue weighted by atomic mass is 35.5. The standard InChI is InChI=1S/C14H13Cl3N2/c1-2-3-13-10(7-15)8-18-14(19-13)9-4-11(16)6-12(17)5-9/h4-6,8H,2-3,7H2,1H3. The third-order valence-electron chi connectivity index (χ3n) is 2.71. The summed E-state index contributed by atoms with van der Waals surface area (Å²) in [5, 5.41) is 1.15. The molecule has 0 saturated heterocycles. The number of aromatic nitrogens is 2. The van der Waals surface area contributed by atoms with E-state index in [2.05, 4.69) is 16.9 Å². The molecule has 100 valence electrons. The maximum atomic E-state index is 6.00. The van der Waals surface area contributed by atoms with Gasteiger partial charge in [0.15, 0.2) is 5.82 Å². The molecule has 19 heavy (non-hydrogen) atoms. The lowest BCUT2D eigenvalue weighted by Crippen LogP contribution is -2.00. The molecule has 0 unspecified atom stereocenters. The van der Waals surface area contributed by atoms with Crippen molar-refractivity contribution in [2.45, 2.75) is 25.6 Å². The van der Waals surface area contributed by atoms with Crippen LogP contribution in [0.2, 0.25) is 10.0 Å². The van der Waals surface area contributed by atoms with Gasteiger partial charge >= 0.3 is 0 Å². The van der Waals surface area contributed by atoms with E-state index >= 15 is 0 Å². The van der Waals surface area contributed by atoms with E-state index in [1.54, 1.807) is 24.4 Å². The van der Waals surface area contributed by atoms with Crippen molar-refractivity contribution in [1.82, 2.24) is 9.97 Å². The van der Waals surface area contributed by atoms with Gasteiger partial charge in [0, 0.05) is 33.1 Å². The second-order valence-electron chi connectivity index (χ2n) is 4.21. The van der Waals surface area contributed by atoms with E-state index in [4.69, 9.17) is 34.8 Å². The van der Waals surface area contributed by atoms with Crippen LogP contribution in [0.1, 0.15) is 24.6 Å². The molecule has 0 atom stereocenters. The van der Waals surface area contributed by atoms with E-state index in [1.807, 2.05) is 0 Å². The maximum Gasteiger partial charge on any atom is 0.159 e. The summed E-state index contributed by atoms with van der Waals surface area (Å²) in [6, 6.07) is 5.30. The predicted molar refractivity (Wildman–Crippen MR) is 81.0 cm³/mol. The molecule has 2 rings (SSSR count). The molecule has 0 spiro atoms. The summed E-state index contributed by atoms with van der Waals surface area (Å²) in [5.74, 6) is 1.05. The lowest BCUT2D eigenvalue weighted by molar-refractivity contribution is 0.859. The Balaban J connectivity index is 2.47. The van der Waals surface area contributed by atoms with E-state index in [0.29, 0.717) is 21.7 Å². The number of rotatable bonds is 4. The highest BCUT2D eigenvalue weighted by Gasteiger charge is 2.09. The summed E-state index contributed by atoms with van der Waals surface area (Å²) in [5.41, 5.74) is 2.77. The van der Waals surface area contributed by atoms with Gasteiger partial charge < -0.3 is 0 Å². The first-order valence-corrected chi connectivity index (χ1v) is 7.30. The zero-order chi connectivity index (χ0) is 13.8. The van der Waals surface area contributed by atoms with Gasteiger partial charge in [0.25, 0.3) is 0 Å². The van der Waals surface area contributed by atoms with Crippen LogP contribution in [0, 0.1) is 0 Å². The zero-order valence-corrected chi connectivity index (χ0v) is 12.7. The minimum absolute atomic E-state index is 0.423. The van der Waals surface area contributed by atoms with Crippen molar-refractivity contribution >= 4 is 34.8 Å². The minimum atomic E-state index is 0.423. The Morgan fingerprint density at radius 3 is 2.37 bits per heavy atom. The summed E-state index contributed by atoms with van der Waals surface area (Å²) in [6.45, 7) is 2.11. The largest absolute Gasteiger partial charge is 0.236 e. The fourth-order valence-corrected chi connectivity index (χ4v) is 2.58. The molecule has 0 aliphatic rings. The Labute approximate surface area is 127 Å². The van der Waals surface area contributed by atoms with Crippen molar-refractivity contribution < 1.29 is 0 Å². The number of hydrogen-bond acceptors (Lipinski definition) is 2. The van der Waals surface area contributed by atoms with Crippen molar-refractivity contribution in [2.75, 3.05) is 0 Å². The fourth-order valence-electron chi connectivity index (χ4n) is 1.83. The van der Waals surface area contributed by atoms with Crippen molar-refractivity contribution in [2.24, 2.45) is 0 Å². The Morgan fingerprint density at radius 1 is 1.11 bits per heavy atom. The summed E-state index contributed by atoms with van der Waals surface area (Å²) in [4.78, 5) is 8.90. The smallest absolute Gasteiger partial charge is 0.159 e. The molecule has 1 heterocycles. The SMILES string of the molecule is CCCc1nc(-c2cc(Cl)cc(Cl)c2)ncc1CCl. The van der Waals surface area contributed by atoms with Crippen LogP contribution in [0.5, 0.6) is 0 Å². The van der Waals surface area contributed by atoms with Crippen molar-refractivity contribution in [1.29, 1.82) is 0 Å². The van der Waals surface area contributed by atoms with Crippen LogP contribution in [-0.2, 0) is 12.3 Å². The second-order valence-corrected chi connectivity index (χ2v) is 5.35. The molecular weight excluding hydrogens is 303 g/mol. The first-order valence-electron chi connectivity index (χ1n) is 6.01. The van der Waals surface area contributed by atoms with Crippen LogP contribution < -0.4 is 0 Å². The lowest BCUT2D eigenvalue weighted by atomic mass is 10.1. The van der Waals surface area contributed by atoms with Crippen LogP contribution in [0.3, 0.4) is 0 Å². The van der Waals surface area contributed by atoms with Crippen molar-refractivity contribution in [3.8, 4) is 11.4 Å². The Bertz CT molecular complexity index is 565. The maximum absolute atomic E-state index is 6.00. The summed E-state index contributed by atoms with van der Waals surface area (Å²) < 4.78 is 0. The Morgan fingerprint density at radius 2 is 1.79 bits per heavy atom. The van der Waals surface area contributed by atoms with Crippen LogP contribution in [0.4, 0.5) is 0 Å². The van der Waals surface area contributed by atoms with Crippen LogP contribution in [0.25, 0.3) is 11.4 Å². The van der Waals surface area contributed by atoms with Crippen LogP contribution in [-0.4, -0.2) is 9.97 Å². The summed E-state index contributed by atoms with van der Waals surface area (Å²) in [7, 11) is 0. The average Bonchev–Trinajstić information content (AvgIpc) is 2.38. The normalized spacial score (nSPS) is 10.7. The van der Waals surface area contributed by atoms with Gasteiger partial charge in [0.1, 0.15) is 0 Å². The third-order valence-corrected chi connectivity index (χ3v) is 3.43. The monoisotopic (exact) mass is 314 g/mol. The molecule has 0 aliphatic heterocycles. The van der Waals surface area contributed by atoms with E-state index in [0.717, 1.165) is 29.7 Å². The van der Waals surface area contributed by atoms with E-state index in [9.17, 15) is 0 Å². The number of nitrogens with zero attached hydrogens (tertiary/aromatic N) is 2. The molecule has 0 bridgehead atoms. The van der Waals surface area contributed by atoms with Gasteiger partial charge in [-0.2, -0.15) is 0 Å². The van der Waals surface area contributed by atoms with Crippen molar-refractivity contribution in [3.05, 3.63) is 45.7 Å². The van der Waals surface area contributed by atoms with Gasteiger partial charge in [-0.25, -0.2) is 9.97 Å². The molecular formula is C14H13Cl3N2. The molecule has 0 saturated carbocycles. The molecule has 5 heteroatoms. The van der Waals surface area contributed by atoms with Crippen molar-refractivity contribution in [3.63, 3.8) is 0 Å². The second kappa shape index (κ2) is 6.56. The molecule has 0 amide bonds. The number of hydrogen-bond donors (Lipinski definition) is 0. The van der Waals surface area contributed by atoms with E-state index in [-0.39, 0.29) is 0 Å². The van der Waals surface area contributed by atoms with Gasteiger partial charge in [-0.15, -0.1) is 11.6 Å². The predicted octanol–water partition coefficient (Wildman–Crippen LogP) is 5.14. The molecule has 0 radical (unpaired) electrons. The first-order chi connectivity index (χ1) is 9.13. The van der Waals surface area contributed by atoms with Gasteiger partial charge in [-0.3, -0.25) is 0 Å². The van der Waals surface area contributed by atoms with E-state index < -0.39 is 0 Å². The Hall–Kier alpha value is -0.830. The quantitative estimate of drug-likeness (QED) is 0.730. The van der Waals surface area contributed by atoms with E-state index in [1.165, 1.54) is 0 Å². The highest BCUT2D eigenvalue weighted by molar-refractivity contribution is 6.35. The average molecular weight is 316 g/mol. The topological polar surface area (TPSA) is 25.8 Å². The molecule has 0 fully saturated rings. The highest BCUT2D eigenvalue weighted by Crippen LogP contribution is 2.25. The molecule has 0 N–H and O–H groups in total. The van der Waals surface area contributed by atoms with Gasteiger partial charge in [0.2, 0.25) is 0 Å². The number of aryl methyl sites for hydroxylation is 1. The molecule has 0 aliphatic carbocycles. The zero-order valence-electron chi connectivity index (χ0n) is 10.5. The summed E-state index contributed by atoms with van der Waals surface area (Å²) >= 11 is 17.9. The van der Waals surface area contributed by atoms with Crippen LogP contribution in [0.15, 0.2) is 24.4 Å².